The van der Waals surface area contributed by atoms with Crippen molar-refractivity contribution < 1.29 is 14.3 Å². The van der Waals surface area contributed by atoms with Gasteiger partial charge in [0.05, 0.1) is 30.5 Å². The lowest BCUT2D eigenvalue weighted by Crippen LogP contribution is -2.44. The van der Waals surface area contributed by atoms with Crippen LogP contribution >= 0.6 is 0 Å². The highest BCUT2D eigenvalue weighted by Crippen LogP contribution is 2.25. The Balaban J connectivity index is 1.50. The molecule has 0 bridgehead atoms. The van der Waals surface area contributed by atoms with Gasteiger partial charge in [0, 0.05) is 18.7 Å². The third-order valence-corrected chi connectivity index (χ3v) is 4.67. The van der Waals surface area contributed by atoms with Crippen LogP contribution in [0.1, 0.15) is 40.5 Å². The zero-order valence-electron chi connectivity index (χ0n) is 16.8. The van der Waals surface area contributed by atoms with Gasteiger partial charge in [0.2, 0.25) is 5.88 Å². The molecule has 0 N–H and O–H groups in total. The molecular weight excluding hydrogens is 358 g/mol. The van der Waals surface area contributed by atoms with Crippen LogP contribution in [0.2, 0.25) is 0 Å². The number of carbonyl (C=O) groups is 1. The third kappa shape index (κ3) is 5.37. The summed E-state index contributed by atoms with van der Waals surface area (Å²) in [6.45, 7) is 9.03. The minimum Gasteiger partial charge on any atom is -0.473 e. The van der Waals surface area contributed by atoms with Gasteiger partial charge in [0.1, 0.15) is 11.7 Å². The summed E-state index contributed by atoms with van der Waals surface area (Å²) in [6, 6.07) is 1.83. The number of aromatic nitrogens is 4. The van der Waals surface area contributed by atoms with Crippen molar-refractivity contribution >= 4 is 6.09 Å². The second-order valence-electron chi connectivity index (χ2n) is 8.00. The predicted molar refractivity (Wildman–Crippen MR) is 104 cm³/mol. The Morgan fingerprint density at radius 2 is 1.89 bits per heavy atom. The molecule has 2 aromatic rings. The molecule has 0 aromatic carbocycles. The van der Waals surface area contributed by atoms with E-state index in [0.717, 1.165) is 24.1 Å². The number of carbonyl (C=O) groups excluding carboxylic acids is 1. The van der Waals surface area contributed by atoms with Gasteiger partial charge in [-0.3, -0.25) is 0 Å². The highest BCUT2D eigenvalue weighted by molar-refractivity contribution is 5.68. The molecule has 0 radical (unpaired) electrons. The van der Waals surface area contributed by atoms with E-state index >= 15 is 0 Å². The number of likely N-dealkylation sites (tertiary alicyclic amines) is 1. The van der Waals surface area contributed by atoms with Crippen molar-refractivity contribution in [1.29, 1.82) is 0 Å². The molecule has 3 heterocycles. The molecule has 0 spiro atoms. The maximum Gasteiger partial charge on any atom is 0.410 e. The molecule has 1 fully saturated rings. The van der Waals surface area contributed by atoms with Gasteiger partial charge in [-0.05, 0) is 52.5 Å². The summed E-state index contributed by atoms with van der Waals surface area (Å²) in [5, 5.41) is 7.60. The Morgan fingerprint density at radius 1 is 1.14 bits per heavy atom. The number of hydrogen-bond acceptors (Lipinski definition) is 7. The van der Waals surface area contributed by atoms with Gasteiger partial charge >= 0.3 is 6.09 Å². The fraction of sp³-hybridized carbons (Fsp3) is 0.550. The summed E-state index contributed by atoms with van der Waals surface area (Å²) < 4.78 is 11.4. The third-order valence-electron chi connectivity index (χ3n) is 4.67. The molecule has 0 aliphatic carbocycles. The first kappa shape index (κ1) is 20.0. The fourth-order valence-electron chi connectivity index (χ4n) is 3.13. The van der Waals surface area contributed by atoms with Crippen LogP contribution in [-0.4, -0.2) is 56.0 Å². The molecule has 0 unspecified atom stereocenters. The molecule has 1 aliphatic rings. The lowest BCUT2D eigenvalue weighted by molar-refractivity contribution is 0.0118. The van der Waals surface area contributed by atoms with Crippen molar-refractivity contribution in [3.05, 3.63) is 30.9 Å². The molecule has 8 heteroatoms. The monoisotopic (exact) mass is 385 g/mol. The quantitative estimate of drug-likeness (QED) is 0.797. The Kier molecular flexibility index (Phi) is 6.06. The molecule has 1 atom stereocenters. The molecule has 0 saturated carbocycles. The van der Waals surface area contributed by atoms with E-state index in [0.29, 0.717) is 24.9 Å². The average Bonchev–Trinajstić information content (AvgIpc) is 2.68. The first-order valence-electron chi connectivity index (χ1n) is 9.55. The summed E-state index contributed by atoms with van der Waals surface area (Å²) >= 11 is 0. The van der Waals surface area contributed by atoms with Crippen LogP contribution in [-0.2, 0) is 4.74 Å². The molecule has 1 saturated heterocycles. The van der Waals surface area contributed by atoms with Crippen molar-refractivity contribution in [2.45, 2.75) is 52.2 Å². The van der Waals surface area contributed by atoms with E-state index in [1.165, 1.54) is 0 Å². The van der Waals surface area contributed by atoms with E-state index < -0.39 is 5.60 Å². The van der Waals surface area contributed by atoms with E-state index in [1.54, 1.807) is 29.7 Å². The van der Waals surface area contributed by atoms with Gasteiger partial charge in [-0.2, -0.15) is 10.2 Å². The Labute approximate surface area is 165 Å². The summed E-state index contributed by atoms with van der Waals surface area (Å²) in [5.74, 6) is 0.845. The minimum absolute atomic E-state index is 0.0106. The van der Waals surface area contributed by atoms with Crippen molar-refractivity contribution in [1.82, 2.24) is 25.1 Å². The highest BCUT2D eigenvalue weighted by Gasteiger charge is 2.30. The zero-order chi connectivity index (χ0) is 20.1. The molecule has 28 heavy (non-hydrogen) atoms. The van der Waals surface area contributed by atoms with Crippen molar-refractivity contribution in [2.24, 2.45) is 5.92 Å². The van der Waals surface area contributed by atoms with Crippen molar-refractivity contribution in [2.75, 3.05) is 13.1 Å². The standard InChI is InChI=1S/C20H27N5O3/c1-14(15-6-9-25(10-7-15)19(26)28-20(2,3)4)27-18-13-21-17(12-22-18)16-5-8-23-24-11-16/h5,8,11-15H,6-7,9-10H2,1-4H3/t14-/m0/s1. The predicted octanol–water partition coefficient (Wildman–Crippen LogP) is 3.35. The lowest BCUT2D eigenvalue weighted by atomic mass is 9.92. The second kappa shape index (κ2) is 8.50. The van der Waals surface area contributed by atoms with Gasteiger partial charge in [0.15, 0.2) is 0 Å². The number of hydrogen-bond donors (Lipinski definition) is 0. The first-order chi connectivity index (χ1) is 13.3. The van der Waals surface area contributed by atoms with E-state index in [9.17, 15) is 4.79 Å². The van der Waals surface area contributed by atoms with Crippen LogP contribution in [0.15, 0.2) is 30.9 Å². The Morgan fingerprint density at radius 3 is 2.46 bits per heavy atom. The maximum atomic E-state index is 12.2. The van der Waals surface area contributed by atoms with Gasteiger partial charge in [-0.15, -0.1) is 0 Å². The number of amides is 1. The first-order valence-corrected chi connectivity index (χ1v) is 9.55. The van der Waals surface area contributed by atoms with Crippen molar-refractivity contribution in [3.8, 4) is 17.1 Å². The molecule has 2 aromatic heterocycles. The Bertz CT molecular complexity index is 769. The number of piperidine rings is 1. The molecular formula is C20H27N5O3. The maximum absolute atomic E-state index is 12.2. The normalized spacial score (nSPS) is 16.5. The SMILES string of the molecule is C[C@H](Oc1cnc(-c2ccnnc2)cn1)C1CCN(C(=O)OC(C)(C)C)CC1. The summed E-state index contributed by atoms with van der Waals surface area (Å²) in [4.78, 5) is 22.7. The average molecular weight is 385 g/mol. The van der Waals surface area contributed by atoms with Crippen LogP contribution in [0.25, 0.3) is 11.3 Å². The van der Waals surface area contributed by atoms with E-state index in [4.69, 9.17) is 9.47 Å². The number of rotatable bonds is 4. The summed E-state index contributed by atoms with van der Waals surface area (Å²) in [7, 11) is 0. The smallest absolute Gasteiger partial charge is 0.410 e. The van der Waals surface area contributed by atoms with E-state index in [2.05, 4.69) is 20.2 Å². The zero-order valence-corrected chi connectivity index (χ0v) is 16.8. The summed E-state index contributed by atoms with van der Waals surface area (Å²) in [5.41, 5.74) is 1.11. The fourth-order valence-corrected chi connectivity index (χ4v) is 3.13. The van der Waals surface area contributed by atoms with E-state index in [1.807, 2.05) is 33.8 Å². The second-order valence-corrected chi connectivity index (χ2v) is 8.00. The largest absolute Gasteiger partial charge is 0.473 e. The number of ether oxygens (including phenoxy) is 2. The van der Waals surface area contributed by atoms with Crippen LogP contribution in [0.4, 0.5) is 4.79 Å². The molecule has 3 rings (SSSR count). The topological polar surface area (TPSA) is 90.3 Å². The van der Waals surface area contributed by atoms with Gasteiger partial charge in [-0.25, -0.2) is 14.8 Å². The molecule has 1 aliphatic heterocycles. The van der Waals surface area contributed by atoms with Crippen LogP contribution in [0.5, 0.6) is 5.88 Å². The van der Waals surface area contributed by atoms with E-state index in [-0.39, 0.29) is 12.2 Å². The number of nitrogens with zero attached hydrogens (tertiary/aromatic N) is 5. The molecule has 150 valence electrons. The van der Waals surface area contributed by atoms with Crippen LogP contribution < -0.4 is 4.74 Å². The van der Waals surface area contributed by atoms with Crippen LogP contribution in [0.3, 0.4) is 0 Å². The summed E-state index contributed by atoms with van der Waals surface area (Å²) in [6.07, 6.45) is 8.05. The van der Waals surface area contributed by atoms with Crippen LogP contribution in [0, 0.1) is 5.92 Å². The minimum atomic E-state index is -0.471. The highest BCUT2D eigenvalue weighted by atomic mass is 16.6. The van der Waals surface area contributed by atoms with Crippen molar-refractivity contribution in [3.63, 3.8) is 0 Å². The van der Waals surface area contributed by atoms with Gasteiger partial charge in [0.25, 0.3) is 0 Å². The Hall–Kier alpha value is -2.77. The molecule has 1 amide bonds. The van der Waals surface area contributed by atoms with Gasteiger partial charge in [-0.1, -0.05) is 0 Å². The van der Waals surface area contributed by atoms with Gasteiger partial charge < -0.3 is 14.4 Å². The lowest BCUT2D eigenvalue weighted by Gasteiger charge is -2.35. The molecule has 8 nitrogen and oxygen atoms in total.